The van der Waals surface area contributed by atoms with E-state index in [0.717, 1.165) is 0 Å². The van der Waals surface area contributed by atoms with Crippen molar-refractivity contribution in [1.29, 1.82) is 0 Å². The van der Waals surface area contributed by atoms with Crippen LogP contribution in [0, 0.1) is 6.92 Å². The van der Waals surface area contributed by atoms with E-state index < -0.39 is 5.56 Å². The van der Waals surface area contributed by atoms with E-state index in [4.69, 9.17) is 11.6 Å². The van der Waals surface area contributed by atoms with Crippen molar-refractivity contribution >= 4 is 22.4 Å². The first-order valence-electron chi connectivity index (χ1n) is 5.51. The summed E-state index contributed by atoms with van der Waals surface area (Å²) in [6.07, 6.45) is 0. The average Bonchev–Trinajstić information content (AvgIpc) is 2.30. The number of hydrogen-bond donors (Lipinski definition) is 2. The van der Waals surface area contributed by atoms with Gasteiger partial charge in [-0.25, -0.2) is 4.68 Å². The standard InChI is InChI=1S/C12H13ClN2O3/c1-5(2)15-12(18)9-7(11(17)14-15)4-8(16)6(3)10(9)13/h4-5,16H,1-3H3,(H,14,17). The van der Waals surface area contributed by atoms with E-state index in [1.807, 2.05) is 0 Å². The molecule has 1 heterocycles. The molecule has 2 rings (SSSR count). The Hall–Kier alpha value is -1.75. The van der Waals surface area contributed by atoms with Gasteiger partial charge in [0.25, 0.3) is 11.1 Å². The lowest BCUT2D eigenvalue weighted by Crippen LogP contribution is -2.31. The summed E-state index contributed by atoms with van der Waals surface area (Å²) in [5, 5.41) is 12.5. The minimum atomic E-state index is -0.449. The molecule has 0 aliphatic heterocycles. The van der Waals surface area contributed by atoms with Gasteiger partial charge in [-0.3, -0.25) is 14.7 Å². The molecule has 0 fully saturated rings. The SMILES string of the molecule is Cc1c(O)cc2c(=O)[nH]n(C(C)C)c(=O)c2c1Cl. The number of hydrogen-bond acceptors (Lipinski definition) is 3. The first kappa shape index (κ1) is 12.7. The molecule has 0 bridgehead atoms. The Kier molecular flexibility index (Phi) is 2.94. The third-order valence-electron chi connectivity index (χ3n) is 2.90. The highest BCUT2D eigenvalue weighted by molar-refractivity contribution is 6.36. The van der Waals surface area contributed by atoms with Crippen molar-refractivity contribution in [3.63, 3.8) is 0 Å². The van der Waals surface area contributed by atoms with Crippen molar-refractivity contribution in [3.8, 4) is 5.75 Å². The molecule has 1 aromatic carbocycles. The number of aromatic hydroxyl groups is 1. The maximum absolute atomic E-state index is 12.2. The molecular formula is C12H13ClN2O3. The lowest BCUT2D eigenvalue weighted by Gasteiger charge is -2.12. The number of halogens is 1. The average molecular weight is 269 g/mol. The normalized spacial score (nSPS) is 11.4. The highest BCUT2D eigenvalue weighted by Crippen LogP contribution is 2.29. The fourth-order valence-corrected chi connectivity index (χ4v) is 2.11. The molecule has 0 amide bonds. The summed E-state index contributed by atoms with van der Waals surface area (Å²) < 4.78 is 1.23. The summed E-state index contributed by atoms with van der Waals surface area (Å²) in [5.41, 5.74) is -0.426. The van der Waals surface area contributed by atoms with Crippen molar-refractivity contribution < 1.29 is 5.11 Å². The number of benzene rings is 1. The van der Waals surface area contributed by atoms with E-state index in [2.05, 4.69) is 5.10 Å². The van der Waals surface area contributed by atoms with Gasteiger partial charge in [-0.2, -0.15) is 0 Å². The van der Waals surface area contributed by atoms with Gasteiger partial charge in [0.05, 0.1) is 15.8 Å². The summed E-state index contributed by atoms with van der Waals surface area (Å²) in [4.78, 5) is 24.1. The van der Waals surface area contributed by atoms with Crippen LogP contribution in [-0.2, 0) is 0 Å². The van der Waals surface area contributed by atoms with Gasteiger partial charge in [-0.05, 0) is 26.8 Å². The number of rotatable bonds is 1. The quantitative estimate of drug-likeness (QED) is 0.830. The molecule has 0 atom stereocenters. The van der Waals surface area contributed by atoms with Gasteiger partial charge in [-0.1, -0.05) is 11.6 Å². The van der Waals surface area contributed by atoms with Crippen LogP contribution in [0.25, 0.3) is 10.8 Å². The molecule has 0 saturated carbocycles. The van der Waals surface area contributed by atoms with Crippen LogP contribution in [0.3, 0.4) is 0 Å². The molecule has 1 aromatic heterocycles. The molecule has 0 spiro atoms. The van der Waals surface area contributed by atoms with Gasteiger partial charge in [0, 0.05) is 11.6 Å². The summed E-state index contributed by atoms with van der Waals surface area (Å²) in [7, 11) is 0. The third kappa shape index (κ3) is 1.71. The minimum Gasteiger partial charge on any atom is -0.508 e. The van der Waals surface area contributed by atoms with Gasteiger partial charge in [-0.15, -0.1) is 0 Å². The maximum Gasteiger partial charge on any atom is 0.274 e. The second-order valence-corrected chi connectivity index (χ2v) is 4.85. The molecule has 2 N–H and O–H groups in total. The first-order valence-corrected chi connectivity index (χ1v) is 5.89. The molecule has 0 aliphatic carbocycles. The monoisotopic (exact) mass is 268 g/mol. The van der Waals surface area contributed by atoms with Crippen LogP contribution in [0.2, 0.25) is 5.02 Å². The van der Waals surface area contributed by atoms with Crippen LogP contribution < -0.4 is 11.1 Å². The van der Waals surface area contributed by atoms with E-state index in [1.54, 1.807) is 20.8 Å². The number of fused-ring (bicyclic) bond motifs is 1. The fraction of sp³-hybridized carbons (Fsp3) is 0.333. The summed E-state index contributed by atoms with van der Waals surface area (Å²) in [5.74, 6) is -0.0975. The molecule has 18 heavy (non-hydrogen) atoms. The molecule has 0 saturated heterocycles. The van der Waals surface area contributed by atoms with Crippen LogP contribution in [0.15, 0.2) is 15.7 Å². The fourth-order valence-electron chi connectivity index (χ4n) is 1.83. The van der Waals surface area contributed by atoms with Crippen LogP contribution in [-0.4, -0.2) is 14.9 Å². The van der Waals surface area contributed by atoms with Gasteiger partial charge in [0.1, 0.15) is 5.75 Å². The largest absolute Gasteiger partial charge is 0.508 e. The highest BCUT2D eigenvalue weighted by Gasteiger charge is 2.16. The van der Waals surface area contributed by atoms with Crippen LogP contribution in [0.5, 0.6) is 5.75 Å². The predicted octanol–water partition coefficient (Wildman–Crippen LogP) is 1.94. The molecule has 0 aliphatic rings. The predicted molar refractivity (Wildman–Crippen MR) is 70.6 cm³/mol. The molecular weight excluding hydrogens is 256 g/mol. The number of aromatic amines is 1. The third-order valence-corrected chi connectivity index (χ3v) is 3.37. The Balaban J connectivity index is 3.10. The zero-order chi connectivity index (χ0) is 13.6. The number of H-pyrrole nitrogens is 1. The van der Waals surface area contributed by atoms with Gasteiger partial charge < -0.3 is 5.11 Å². The lowest BCUT2D eigenvalue weighted by atomic mass is 10.1. The number of nitrogens with one attached hydrogen (secondary N) is 1. The van der Waals surface area contributed by atoms with Gasteiger partial charge in [0.2, 0.25) is 0 Å². The molecule has 5 nitrogen and oxygen atoms in total. The zero-order valence-corrected chi connectivity index (χ0v) is 11.0. The van der Waals surface area contributed by atoms with E-state index in [0.29, 0.717) is 5.56 Å². The van der Waals surface area contributed by atoms with E-state index in [9.17, 15) is 14.7 Å². The molecule has 0 radical (unpaired) electrons. The van der Waals surface area contributed by atoms with Crippen molar-refractivity contribution in [3.05, 3.63) is 37.4 Å². The van der Waals surface area contributed by atoms with Crippen molar-refractivity contribution in [2.24, 2.45) is 0 Å². The second kappa shape index (κ2) is 4.17. The Morgan fingerprint density at radius 2 is 2.00 bits per heavy atom. The van der Waals surface area contributed by atoms with E-state index in [1.165, 1.54) is 10.7 Å². The number of phenols is 1. The minimum absolute atomic E-state index is 0.0975. The summed E-state index contributed by atoms with van der Waals surface area (Å²) in [6.45, 7) is 5.16. The van der Waals surface area contributed by atoms with Crippen LogP contribution in [0.1, 0.15) is 25.5 Å². The Morgan fingerprint density at radius 1 is 1.39 bits per heavy atom. The highest BCUT2D eigenvalue weighted by atomic mass is 35.5. The van der Waals surface area contributed by atoms with Crippen molar-refractivity contribution in [1.82, 2.24) is 9.78 Å². The Labute approximate surface area is 108 Å². The maximum atomic E-state index is 12.2. The number of phenolic OH excluding ortho intramolecular Hbond substituents is 1. The number of aromatic nitrogens is 2. The van der Waals surface area contributed by atoms with E-state index >= 15 is 0 Å². The number of nitrogens with zero attached hydrogens (tertiary/aromatic N) is 1. The smallest absolute Gasteiger partial charge is 0.274 e. The summed E-state index contributed by atoms with van der Waals surface area (Å²) in [6, 6.07) is 1.08. The van der Waals surface area contributed by atoms with E-state index in [-0.39, 0.29) is 33.1 Å². The molecule has 96 valence electrons. The van der Waals surface area contributed by atoms with Crippen molar-refractivity contribution in [2.75, 3.05) is 0 Å². The van der Waals surface area contributed by atoms with Gasteiger partial charge >= 0.3 is 0 Å². The van der Waals surface area contributed by atoms with Crippen LogP contribution in [0.4, 0.5) is 0 Å². The van der Waals surface area contributed by atoms with Crippen LogP contribution >= 0.6 is 11.6 Å². The Bertz CT molecular complexity index is 744. The first-order chi connectivity index (χ1) is 8.34. The topological polar surface area (TPSA) is 75.1 Å². The molecule has 0 unspecified atom stereocenters. The zero-order valence-electron chi connectivity index (χ0n) is 10.2. The second-order valence-electron chi connectivity index (χ2n) is 4.47. The van der Waals surface area contributed by atoms with Crippen molar-refractivity contribution in [2.45, 2.75) is 26.8 Å². The van der Waals surface area contributed by atoms with Gasteiger partial charge in [0.15, 0.2) is 0 Å². The lowest BCUT2D eigenvalue weighted by molar-refractivity contribution is 0.471. The molecule has 2 aromatic rings. The summed E-state index contributed by atoms with van der Waals surface area (Å²) >= 11 is 6.06. The Morgan fingerprint density at radius 3 is 2.56 bits per heavy atom. The molecule has 6 heteroatoms.